The van der Waals surface area contributed by atoms with Crippen LogP contribution >= 0.6 is 11.6 Å². The third-order valence-corrected chi connectivity index (χ3v) is 3.89. The van der Waals surface area contributed by atoms with Crippen LogP contribution in [0.25, 0.3) is 0 Å². The lowest BCUT2D eigenvalue weighted by atomic mass is 10.1. The number of nitrogens with zero attached hydrogens (tertiary/aromatic N) is 1. The first-order valence-electron chi connectivity index (χ1n) is 7.17. The first-order valence-corrected chi connectivity index (χ1v) is 7.55. The molecule has 0 unspecified atom stereocenters. The number of hydrogen-bond acceptors (Lipinski definition) is 3. The van der Waals surface area contributed by atoms with Crippen molar-refractivity contribution >= 4 is 35.0 Å². The molecule has 3 amide bonds. The molecule has 1 N–H and O–H groups in total. The summed E-state index contributed by atoms with van der Waals surface area (Å²) in [5.74, 6) is -2.41. The van der Waals surface area contributed by atoms with Crippen LogP contribution < -0.4 is 5.32 Å². The van der Waals surface area contributed by atoms with Gasteiger partial charge in [-0.15, -0.1) is 0 Å². The lowest BCUT2D eigenvalue weighted by Gasteiger charge is -2.13. The molecule has 3 rings (SSSR count). The SMILES string of the molecule is O=C(CCN1C(=O)c2cccc(F)c2C1=O)Nc1ccc(Cl)cc1. The van der Waals surface area contributed by atoms with Gasteiger partial charge in [-0.1, -0.05) is 17.7 Å². The van der Waals surface area contributed by atoms with Gasteiger partial charge in [-0.05, 0) is 36.4 Å². The topological polar surface area (TPSA) is 66.5 Å². The highest BCUT2D eigenvalue weighted by molar-refractivity contribution is 6.30. The van der Waals surface area contributed by atoms with Gasteiger partial charge < -0.3 is 5.32 Å². The van der Waals surface area contributed by atoms with Crippen molar-refractivity contribution in [3.8, 4) is 0 Å². The normalized spacial score (nSPS) is 13.2. The van der Waals surface area contributed by atoms with Crippen LogP contribution in [0, 0.1) is 5.82 Å². The summed E-state index contributed by atoms with van der Waals surface area (Å²) in [5.41, 5.74) is 0.344. The standard InChI is InChI=1S/C17H12ClFN2O3/c18-10-4-6-11(7-5-10)20-14(22)8-9-21-16(23)12-2-1-3-13(19)15(12)17(21)24/h1-7H,8-9H2,(H,20,22). The summed E-state index contributed by atoms with van der Waals surface area (Å²) in [7, 11) is 0. The van der Waals surface area contributed by atoms with Gasteiger partial charge in [-0.3, -0.25) is 19.3 Å². The lowest BCUT2D eigenvalue weighted by Crippen LogP contribution is -2.33. The largest absolute Gasteiger partial charge is 0.326 e. The number of halogens is 2. The van der Waals surface area contributed by atoms with Crippen LogP contribution in [0.3, 0.4) is 0 Å². The minimum Gasteiger partial charge on any atom is -0.326 e. The predicted octanol–water partition coefficient (Wildman–Crippen LogP) is 3.10. The van der Waals surface area contributed by atoms with E-state index in [-0.39, 0.29) is 30.0 Å². The quantitative estimate of drug-likeness (QED) is 0.865. The number of benzene rings is 2. The predicted molar refractivity (Wildman–Crippen MR) is 86.5 cm³/mol. The number of carbonyl (C=O) groups excluding carboxylic acids is 3. The van der Waals surface area contributed by atoms with E-state index in [2.05, 4.69) is 5.32 Å². The van der Waals surface area contributed by atoms with E-state index in [4.69, 9.17) is 11.6 Å². The van der Waals surface area contributed by atoms with Gasteiger partial charge in [0, 0.05) is 23.7 Å². The molecule has 24 heavy (non-hydrogen) atoms. The van der Waals surface area contributed by atoms with Gasteiger partial charge in [0.2, 0.25) is 5.91 Å². The lowest BCUT2D eigenvalue weighted by molar-refractivity contribution is -0.116. The Kier molecular flexibility index (Phi) is 4.31. The Balaban J connectivity index is 1.64. The Bertz CT molecular complexity index is 836. The fraction of sp³-hybridized carbons (Fsp3) is 0.118. The van der Waals surface area contributed by atoms with Crippen LogP contribution in [0.4, 0.5) is 10.1 Å². The zero-order valence-electron chi connectivity index (χ0n) is 12.4. The van der Waals surface area contributed by atoms with Crippen LogP contribution in [-0.2, 0) is 4.79 Å². The molecule has 2 aromatic rings. The molecule has 0 radical (unpaired) electrons. The van der Waals surface area contributed by atoms with Gasteiger partial charge in [0.25, 0.3) is 11.8 Å². The van der Waals surface area contributed by atoms with E-state index in [0.717, 1.165) is 11.0 Å². The molecule has 0 atom stereocenters. The van der Waals surface area contributed by atoms with E-state index in [9.17, 15) is 18.8 Å². The second-order valence-corrected chi connectivity index (χ2v) is 5.67. The minimum atomic E-state index is -0.737. The highest BCUT2D eigenvalue weighted by Gasteiger charge is 2.37. The maximum absolute atomic E-state index is 13.7. The molecule has 5 nitrogen and oxygen atoms in total. The van der Waals surface area contributed by atoms with Gasteiger partial charge in [-0.25, -0.2) is 4.39 Å². The van der Waals surface area contributed by atoms with E-state index in [0.29, 0.717) is 10.7 Å². The Morgan fingerprint density at radius 2 is 1.79 bits per heavy atom. The molecule has 0 aliphatic carbocycles. The minimum absolute atomic E-state index is 0.0260. The number of fused-ring (bicyclic) bond motifs is 1. The fourth-order valence-electron chi connectivity index (χ4n) is 2.47. The summed E-state index contributed by atoms with van der Waals surface area (Å²) in [4.78, 5) is 37.1. The van der Waals surface area contributed by atoms with Crippen molar-refractivity contribution in [1.82, 2.24) is 4.90 Å². The fourth-order valence-corrected chi connectivity index (χ4v) is 2.59. The molecular formula is C17H12ClFN2O3. The number of nitrogens with one attached hydrogen (secondary N) is 1. The summed E-state index contributed by atoms with van der Waals surface area (Å²) >= 11 is 5.76. The molecule has 0 fully saturated rings. The zero-order valence-corrected chi connectivity index (χ0v) is 13.1. The summed E-state index contributed by atoms with van der Waals surface area (Å²) < 4.78 is 13.7. The number of imide groups is 1. The monoisotopic (exact) mass is 346 g/mol. The molecule has 0 saturated heterocycles. The molecule has 1 aliphatic heterocycles. The second-order valence-electron chi connectivity index (χ2n) is 5.23. The van der Waals surface area contributed by atoms with Gasteiger partial charge in [-0.2, -0.15) is 0 Å². The third kappa shape index (κ3) is 3.00. The van der Waals surface area contributed by atoms with Gasteiger partial charge in [0.05, 0.1) is 11.1 Å². The van der Waals surface area contributed by atoms with Crippen molar-refractivity contribution in [3.05, 3.63) is 64.4 Å². The molecular weight excluding hydrogens is 335 g/mol. The molecule has 2 aromatic carbocycles. The summed E-state index contributed by atoms with van der Waals surface area (Å²) in [5, 5.41) is 3.18. The Morgan fingerprint density at radius 3 is 2.46 bits per heavy atom. The molecule has 0 saturated carbocycles. The van der Waals surface area contributed by atoms with Crippen LogP contribution in [0.1, 0.15) is 27.1 Å². The van der Waals surface area contributed by atoms with E-state index >= 15 is 0 Å². The smallest absolute Gasteiger partial charge is 0.264 e. The number of carbonyl (C=O) groups is 3. The van der Waals surface area contributed by atoms with Gasteiger partial charge in [0.15, 0.2) is 0 Å². The van der Waals surface area contributed by atoms with Crippen LogP contribution in [-0.4, -0.2) is 29.2 Å². The van der Waals surface area contributed by atoms with Crippen LogP contribution in [0.5, 0.6) is 0 Å². The molecule has 0 aromatic heterocycles. The third-order valence-electron chi connectivity index (χ3n) is 3.64. The van der Waals surface area contributed by atoms with E-state index in [1.54, 1.807) is 24.3 Å². The van der Waals surface area contributed by atoms with E-state index in [1.807, 2.05) is 0 Å². The van der Waals surface area contributed by atoms with Crippen LogP contribution in [0.2, 0.25) is 5.02 Å². The van der Waals surface area contributed by atoms with Crippen molar-refractivity contribution in [1.29, 1.82) is 0 Å². The first-order chi connectivity index (χ1) is 11.5. The molecule has 1 aliphatic rings. The number of anilines is 1. The zero-order chi connectivity index (χ0) is 17.3. The number of rotatable bonds is 4. The van der Waals surface area contributed by atoms with E-state index in [1.165, 1.54) is 12.1 Å². The highest BCUT2D eigenvalue weighted by atomic mass is 35.5. The Morgan fingerprint density at radius 1 is 1.08 bits per heavy atom. The molecule has 122 valence electrons. The van der Waals surface area contributed by atoms with Crippen molar-refractivity contribution < 1.29 is 18.8 Å². The Hall–Kier alpha value is -2.73. The van der Waals surface area contributed by atoms with Crippen molar-refractivity contribution in [3.63, 3.8) is 0 Å². The molecule has 7 heteroatoms. The molecule has 0 bridgehead atoms. The average molecular weight is 347 g/mol. The highest BCUT2D eigenvalue weighted by Crippen LogP contribution is 2.25. The maximum Gasteiger partial charge on any atom is 0.264 e. The van der Waals surface area contributed by atoms with Gasteiger partial charge >= 0.3 is 0 Å². The van der Waals surface area contributed by atoms with Crippen molar-refractivity contribution in [2.24, 2.45) is 0 Å². The summed E-state index contributed by atoms with van der Waals surface area (Å²) in [6.07, 6.45) is -0.0876. The first kappa shape index (κ1) is 16.1. The van der Waals surface area contributed by atoms with Gasteiger partial charge in [0.1, 0.15) is 5.82 Å². The second kappa shape index (κ2) is 6.41. The maximum atomic E-state index is 13.7. The van der Waals surface area contributed by atoms with Crippen molar-refractivity contribution in [2.45, 2.75) is 6.42 Å². The average Bonchev–Trinajstić information content (AvgIpc) is 2.80. The van der Waals surface area contributed by atoms with Crippen molar-refractivity contribution in [2.75, 3.05) is 11.9 Å². The van der Waals surface area contributed by atoms with Crippen LogP contribution in [0.15, 0.2) is 42.5 Å². The number of amides is 3. The summed E-state index contributed by atoms with van der Waals surface area (Å²) in [6.45, 7) is -0.120. The molecule has 0 spiro atoms. The number of hydrogen-bond donors (Lipinski definition) is 1. The van der Waals surface area contributed by atoms with E-state index < -0.39 is 17.6 Å². The Labute approximate surface area is 142 Å². The summed E-state index contributed by atoms with van der Waals surface area (Å²) in [6, 6.07) is 10.4. The molecule has 1 heterocycles.